The molecule has 2 heterocycles. The molecule has 1 aromatic heterocycles. The number of rotatable bonds is 2. The Bertz CT molecular complexity index is 396. The van der Waals surface area contributed by atoms with Crippen LogP contribution < -0.4 is 5.43 Å². The predicted octanol–water partition coefficient (Wildman–Crippen LogP) is 2.17. The Morgan fingerprint density at radius 1 is 1.35 bits per heavy atom. The molecule has 1 aliphatic rings. The molecule has 1 aromatic rings. The van der Waals surface area contributed by atoms with Gasteiger partial charge >= 0.3 is 0 Å². The summed E-state index contributed by atoms with van der Waals surface area (Å²) in [6.45, 7) is 3.66. The van der Waals surface area contributed by atoms with Gasteiger partial charge in [-0.2, -0.15) is 0 Å². The molecule has 1 saturated heterocycles. The van der Waals surface area contributed by atoms with Gasteiger partial charge in [0.15, 0.2) is 0 Å². The van der Waals surface area contributed by atoms with Crippen molar-refractivity contribution < 1.29 is 4.79 Å². The SMILES string of the molecule is Cc1cc(C(=O)NN2CCCCC2)cc(Cl)n1. The Labute approximate surface area is 106 Å². The number of pyridine rings is 1. The van der Waals surface area contributed by atoms with Gasteiger partial charge < -0.3 is 0 Å². The van der Waals surface area contributed by atoms with Gasteiger partial charge in [0, 0.05) is 24.3 Å². The summed E-state index contributed by atoms with van der Waals surface area (Å²) < 4.78 is 0. The van der Waals surface area contributed by atoms with E-state index in [0.29, 0.717) is 10.7 Å². The molecule has 0 saturated carbocycles. The Balaban J connectivity index is 2.03. The molecule has 0 unspecified atom stereocenters. The molecule has 0 atom stereocenters. The highest BCUT2D eigenvalue weighted by Crippen LogP contribution is 2.11. The van der Waals surface area contributed by atoms with Crippen molar-refractivity contribution in [3.63, 3.8) is 0 Å². The Morgan fingerprint density at radius 3 is 2.71 bits per heavy atom. The molecule has 2 rings (SSSR count). The number of nitrogens with zero attached hydrogens (tertiary/aromatic N) is 2. The zero-order valence-corrected chi connectivity index (χ0v) is 10.6. The van der Waals surface area contributed by atoms with E-state index >= 15 is 0 Å². The molecule has 5 heteroatoms. The average molecular weight is 254 g/mol. The molecule has 1 amide bonds. The van der Waals surface area contributed by atoms with Crippen molar-refractivity contribution >= 4 is 17.5 Å². The first-order valence-corrected chi connectivity index (χ1v) is 6.23. The maximum atomic E-state index is 12.0. The van der Waals surface area contributed by atoms with Crippen LogP contribution in [0.15, 0.2) is 12.1 Å². The van der Waals surface area contributed by atoms with Gasteiger partial charge in [0.05, 0.1) is 0 Å². The standard InChI is InChI=1S/C12H16ClN3O/c1-9-7-10(8-11(13)14-9)12(17)15-16-5-3-2-4-6-16/h7-8H,2-6H2,1H3,(H,15,17). The maximum absolute atomic E-state index is 12.0. The van der Waals surface area contributed by atoms with Crippen LogP contribution in [0.5, 0.6) is 0 Å². The normalized spacial score (nSPS) is 16.8. The Morgan fingerprint density at radius 2 is 2.06 bits per heavy atom. The van der Waals surface area contributed by atoms with Crippen molar-refractivity contribution in [2.24, 2.45) is 0 Å². The van der Waals surface area contributed by atoms with E-state index in [9.17, 15) is 4.79 Å². The van der Waals surface area contributed by atoms with E-state index in [0.717, 1.165) is 31.6 Å². The number of piperidine rings is 1. The maximum Gasteiger partial charge on any atom is 0.265 e. The van der Waals surface area contributed by atoms with Gasteiger partial charge in [0.25, 0.3) is 5.91 Å². The summed E-state index contributed by atoms with van der Waals surface area (Å²) in [5.41, 5.74) is 4.21. The van der Waals surface area contributed by atoms with Crippen LogP contribution in [0, 0.1) is 6.92 Å². The lowest BCUT2D eigenvalue weighted by Gasteiger charge is -2.26. The zero-order chi connectivity index (χ0) is 12.3. The minimum atomic E-state index is -0.112. The van der Waals surface area contributed by atoms with E-state index in [1.165, 1.54) is 6.42 Å². The van der Waals surface area contributed by atoms with Crippen molar-refractivity contribution in [3.05, 3.63) is 28.5 Å². The minimum Gasteiger partial charge on any atom is -0.285 e. The molecule has 1 aliphatic heterocycles. The number of aromatic nitrogens is 1. The van der Waals surface area contributed by atoms with Crippen molar-refractivity contribution in [2.45, 2.75) is 26.2 Å². The lowest BCUT2D eigenvalue weighted by atomic mass is 10.2. The summed E-state index contributed by atoms with van der Waals surface area (Å²) in [5.74, 6) is -0.112. The van der Waals surface area contributed by atoms with Crippen LogP contribution in [0.4, 0.5) is 0 Å². The van der Waals surface area contributed by atoms with Gasteiger partial charge in [-0.15, -0.1) is 0 Å². The van der Waals surface area contributed by atoms with Crippen LogP contribution in [-0.2, 0) is 0 Å². The number of hydrogen-bond donors (Lipinski definition) is 1. The smallest absolute Gasteiger partial charge is 0.265 e. The van der Waals surface area contributed by atoms with Crippen LogP contribution >= 0.6 is 11.6 Å². The fourth-order valence-electron chi connectivity index (χ4n) is 1.97. The van der Waals surface area contributed by atoms with Gasteiger partial charge in [-0.25, -0.2) is 9.99 Å². The Kier molecular flexibility index (Phi) is 3.97. The number of carbonyl (C=O) groups is 1. The van der Waals surface area contributed by atoms with E-state index in [1.807, 2.05) is 11.9 Å². The number of amides is 1. The minimum absolute atomic E-state index is 0.112. The molecule has 92 valence electrons. The topological polar surface area (TPSA) is 45.2 Å². The molecule has 0 aromatic carbocycles. The second-order valence-corrected chi connectivity index (χ2v) is 4.70. The molecular formula is C12H16ClN3O. The largest absolute Gasteiger partial charge is 0.285 e. The van der Waals surface area contributed by atoms with Crippen LogP contribution in [0.1, 0.15) is 35.3 Å². The first-order valence-electron chi connectivity index (χ1n) is 5.85. The van der Waals surface area contributed by atoms with E-state index in [2.05, 4.69) is 10.4 Å². The van der Waals surface area contributed by atoms with E-state index in [4.69, 9.17) is 11.6 Å². The van der Waals surface area contributed by atoms with Gasteiger partial charge in [-0.05, 0) is 31.9 Å². The second-order valence-electron chi connectivity index (χ2n) is 4.31. The molecule has 0 radical (unpaired) electrons. The lowest BCUT2D eigenvalue weighted by molar-refractivity contribution is 0.0750. The highest BCUT2D eigenvalue weighted by molar-refractivity contribution is 6.29. The van der Waals surface area contributed by atoms with E-state index in [-0.39, 0.29) is 5.91 Å². The van der Waals surface area contributed by atoms with Crippen molar-refractivity contribution in [1.29, 1.82) is 0 Å². The highest BCUT2D eigenvalue weighted by atomic mass is 35.5. The quantitative estimate of drug-likeness (QED) is 0.822. The molecular weight excluding hydrogens is 238 g/mol. The van der Waals surface area contributed by atoms with E-state index in [1.54, 1.807) is 12.1 Å². The summed E-state index contributed by atoms with van der Waals surface area (Å²) in [7, 11) is 0. The third-order valence-corrected chi connectivity index (χ3v) is 2.99. The van der Waals surface area contributed by atoms with E-state index < -0.39 is 0 Å². The molecule has 0 aliphatic carbocycles. The number of carbonyl (C=O) groups excluding carboxylic acids is 1. The first-order chi connectivity index (χ1) is 8.15. The summed E-state index contributed by atoms with van der Waals surface area (Å²) in [4.78, 5) is 16.0. The van der Waals surface area contributed by atoms with Gasteiger partial charge in [0.1, 0.15) is 5.15 Å². The lowest BCUT2D eigenvalue weighted by Crippen LogP contribution is -2.45. The molecule has 1 N–H and O–H groups in total. The Hall–Kier alpha value is -1.13. The highest BCUT2D eigenvalue weighted by Gasteiger charge is 2.14. The number of halogens is 1. The molecule has 0 spiro atoms. The molecule has 0 bridgehead atoms. The molecule has 4 nitrogen and oxygen atoms in total. The molecule has 1 fully saturated rings. The van der Waals surface area contributed by atoms with Crippen molar-refractivity contribution in [2.75, 3.05) is 13.1 Å². The number of nitrogens with one attached hydrogen (secondary N) is 1. The average Bonchev–Trinajstić information content (AvgIpc) is 2.29. The summed E-state index contributed by atoms with van der Waals surface area (Å²) in [6, 6.07) is 3.33. The van der Waals surface area contributed by atoms with Crippen LogP contribution in [-0.4, -0.2) is 29.0 Å². The zero-order valence-electron chi connectivity index (χ0n) is 9.87. The third-order valence-electron chi connectivity index (χ3n) is 2.80. The number of hydrazine groups is 1. The summed E-state index contributed by atoms with van der Waals surface area (Å²) in [5, 5.41) is 2.32. The molecule has 17 heavy (non-hydrogen) atoms. The van der Waals surface area contributed by atoms with Crippen molar-refractivity contribution in [1.82, 2.24) is 15.4 Å². The monoisotopic (exact) mass is 253 g/mol. The van der Waals surface area contributed by atoms with Crippen LogP contribution in [0.3, 0.4) is 0 Å². The van der Waals surface area contributed by atoms with Crippen molar-refractivity contribution in [3.8, 4) is 0 Å². The first kappa shape index (κ1) is 12.3. The number of aryl methyl sites for hydroxylation is 1. The predicted molar refractivity (Wildman–Crippen MR) is 66.9 cm³/mol. The van der Waals surface area contributed by atoms with Crippen LogP contribution in [0.25, 0.3) is 0 Å². The fourth-order valence-corrected chi connectivity index (χ4v) is 2.22. The second kappa shape index (κ2) is 5.47. The van der Waals surface area contributed by atoms with Gasteiger partial charge in [0.2, 0.25) is 0 Å². The van der Waals surface area contributed by atoms with Gasteiger partial charge in [-0.1, -0.05) is 18.0 Å². The van der Waals surface area contributed by atoms with Crippen LogP contribution in [0.2, 0.25) is 5.15 Å². The fraction of sp³-hybridized carbons (Fsp3) is 0.500. The summed E-state index contributed by atoms with van der Waals surface area (Å²) >= 11 is 5.83. The van der Waals surface area contributed by atoms with Gasteiger partial charge in [-0.3, -0.25) is 10.2 Å². The third kappa shape index (κ3) is 3.41. The number of hydrogen-bond acceptors (Lipinski definition) is 3. The summed E-state index contributed by atoms with van der Waals surface area (Å²) in [6.07, 6.45) is 3.51.